The third kappa shape index (κ3) is 3.08. The Morgan fingerprint density at radius 1 is 1.26 bits per heavy atom. The van der Waals surface area contributed by atoms with Gasteiger partial charge in [-0.1, -0.05) is 26.2 Å². The van der Waals surface area contributed by atoms with Crippen LogP contribution < -0.4 is 5.32 Å². The minimum Gasteiger partial charge on any atom is -0.341 e. The number of nitrogens with zero attached hydrogens (tertiary/aromatic N) is 1. The summed E-state index contributed by atoms with van der Waals surface area (Å²) < 4.78 is 0. The van der Waals surface area contributed by atoms with Gasteiger partial charge in [0, 0.05) is 19.1 Å². The van der Waals surface area contributed by atoms with Crippen LogP contribution in [-0.2, 0) is 4.79 Å². The zero-order valence-corrected chi connectivity index (χ0v) is 12.8. The number of halogens is 1. The fourth-order valence-corrected chi connectivity index (χ4v) is 4.10. The van der Waals surface area contributed by atoms with Crippen molar-refractivity contribution < 1.29 is 4.79 Å². The maximum Gasteiger partial charge on any atom is 0.239 e. The number of likely N-dealkylation sites (tertiary alicyclic amines) is 1. The Hall–Kier alpha value is -0.280. The molecule has 0 radical (unpaired) electrons. The van der Waals surface area contributed by atoms with E-state index >= 15 is 0 Å². The van der Waals surface area contributed by atoms with Gasteiger partial charge in [0.15, 0.2) is 0 Å². The lowest BCUT2D eigenvalue weighted by Crippen LogP contribution is -2.44. The van der Waals surface area contributed by atoms with E-state index < -0.39 is 0 Å². The maximum atomic E-state index is 12.5. The van der Waals surface area contributed by atoms with Gasteiger partial charge in [-0.05, 0) is 37.5 Å². The number of nitrogens with one attached hydrogen (secondary N) is 1. The first kappa shape index (κ1) is 15.1. The molecule has 3 nitrogen and oxygen atoms in total. The van der Waals surface area contributed by atoms with Crippen LogP contribution in [0.3, 0.4) is 0 Å². The molecular formula is C15H27ClN2O. The molecule has 1 aliphatic carbocycles. The van der Waals surface area contributed by atoms with E-state index in [1.807, 2.05) is 0 Å². The molecular weight excluding hydrogens is 260 g/mol. The summed E-state index contributed by atoms with van der Waals surface area (Å²) in [4.78, 5) is 14.6. The lowest BCUT2D eigenvalue weighted by molar-refractivity contribution is -0.132. The molecule has 2 aliphatic heterocycles. The highest BCUT2D eigenvalue weighted by atomic mass is 35.5. The minimum atomic E-state index is 0. The highest BCUT2D eigenvalue weighted by Gasteiger charge is 2.40. The number of fused-ring (bicyclic) bond motifs is 1. The molecule has 0 aromatic heterocycles. The Morgan fingerprint density at radius 3 is 2.74 bits per heavy atom. The van der Waals surface area contributed by atoms with Crippen molar-refractivity contribution in [1.29, 1.82) is 0 Å². The van der Waals surface area contributed by atoms with Crippen molar-refractivity contribution in [3.05, 3.63) is 0 Å². The Labute approximate surface area is 122 Å². The summed E-state index contributed by atoms with van der Waals surface area (Å²) >= 11 is 0. The molecule has 110 valence electrons. The minimum absolute atomic E-state index is 0. The molecule has 2 heterocycles. The molecule has 3 fully saturated rings. The van der Waals surface area contributed by atoms with Crippen LogP contribution in [0.5, 0.6) is 0 Å². The van der Waals surface area contributed by atoms with E-state index in [0.29, 0.717) is 11.9 Å². The van der Waals surface area contributed by atoms with Gasteiger partial charge in [0.2, 0.25) is 5.91 Å². The lowest BCUT2D eigenvalue weighted by Gasteiger charge is -2.24. The lowest BCUT2D eigenvalue weighted by atomic mass is 9.85. The van der Waals surface area contributed by atoms with E-state index in [2.05, 4.69) is 17.1 Å². The van der Waals surface area contributed by atoms with E-state index in [4.69, 9.17) is 0 Å². The SMILES string of the molecule is CCC1CCN(C(=O)C2CC3CCCCC3N2)C1.Cl. The van der Waals surface area contributed by atoms with Crippen molar-refractivity contribution >= 4 is 18.3 Å². The van der Waals surface area contributed by atoms with Crippen LogP contribution in [0.2, 0.25) is 0 Å². The van der Waals surface area contributed by atoms with Gasteiger partial charge < -0.3 is 10.2 Å². The molecule has 1 saturated carbocycles. The smallest absolute Gasteiger partial charge is 0.239 e. The van der Waals surface area contributed by atoms with E-state index in [9.17, 15) is 4.79 Å². The summed E-state index contributed by atoms with van der Waals surface area (Å²) in [5.41, 5.74) is 0. The molecule has 0 aromatic carbocycles. The summed E-state index contributed by atoms with van der Waals surface area (Å²) in [6, 6.07) is 0.769. The summed E-state index contributed by atoms with van der Waals surface area (Å²) in [5, 5.41) is 3.61. The molecule has 0 aromatic rings. The summed E-state index contributed by atoms with van der Waals surface area (Å²) in [6.45, 7) is 4.23. The fourth-order valence-electron chi connectivity index (χ4n) is 4.10. The standard InChI is InChI=1S/C15H26N2O.ClH/c1-2-11-7-8-17(10-11)15(18)14-9-12-5-3-4-6-13(12)16-14;/h11-14,16H,2-10H2,1H3;1H. The zero-order chi connectivity index (χ0) is 12.5. The van der Waals surface area contributed by atoms with E-state index in [1.165, 1.54) is 38.5 Å². The van der Waals surface area contributed by atoms with Crippen molar-refractivity contribution in [2.75, 3.05) is 13.1 Å². The predicted octanol–water partition coefficient (Wildman–Crippen LogP) is 2.59. The van der Waals surface area contributed by atoms with Gasteiger partial charge in [0.05, 0.1) is 6.04 Å². The van der Waals surface area contributed by atoms with Crippen LogP contribution in [0.1, 0.15) is 51.9 Å². The average Bonchev–Trinajstić information content (AvgIpc) is 3.04. The van der Waals surface area contributed by atoms with Gasteiger partial charge in [-0.15, -0.1) is 12.4 Å². The third-order valence-corrected chi connectivity index (χ3v) is 5.34. The summed E-state index contributed by atoms with van der Waals surface area (Å²) in [7, 11) is 0. The second-order valence-corrected chi connectivity index (χ2v) is 6.45. The van der Waals surface area contributed by atoms with Crippen molar-refractivity contribution in [3.8, 4) is 0 Å². The van der Waals surface area contributed by atoms with Crippen LogP contribution in [0, 0.1) is 11.8 Å². The summed E-state index contributed by atoms with van der Waals surface area (Å²) in [5.74, 6) is 1.91. The number of hydrogen-bond donors (Lipinski definition) is 1. The fraction of sp³-hybridized carbons (Fsp3) is 0.933. The van der Waals surface area contributed by atoms with Crippen molar-refractivity contribution in [3.63, 3.8) is 0 Å². The number of hydrogen-bond acceptors (Lipinski definition) is 2. The number of amides is 1. The molecule has 3 rings (SSSR count). The second-order valence-electron chi connectivity index (χ2n) is 6.45. The van der Waals surface area contributed by atoms with Gasteiger partial charge in [-0.2, -0.15) is 0 Å². The quantitative estimate of drug-likeness (QED) is 0.846. The molecule has 4 atom stereocenters. The second kappa shape index (κ2) is 6.45. The number of carbonyl (C=O) groups is 1. The van der Waals surface area contributed by atoms with E-state index in [0.717, 1.165) is 31.3 Å². The first-order valence-corrected chi connectivity index (χ1v) is 7.82. The molecule has 0 bridgehead atoms. The topological polar surface area (TPSA) is 32.3 Å². The number of carbonyl (C=O) groups excluding carboxylic acids is 1. The van der Waals surface area contributed by atoms with Crippen LogP contribution in [0.15, 0.2) is 0 Å². The predicted molar refractivity (Wildman–Crippen MR) is 79.5 cm³/mol. The van der Waals surface area contributed by atoms with Crippen LogP contribution in [0.4, 0.5) is 0 Å². The molecule has 1 N–H and O–H groups in total. The Kier molecular flexibility index (Phi) is 5.13. The van der Waals surface area contributed by atoms with Crippen molar-refractivity contribution in [2.45, 2.75) is 64.0 Å². The molecule has 19 heavy (non-hydrogen) atoms. The molecule has 1 amide bonds. The van der Waals surface area contributed by atoms with Crippen LogP contribution >= 0.6 is 12.4 Å². The Morgan fingerprint density at radius 2 is 2.05 bits per heavy atom. The van der Waals surface area contributed by atoms with E-state index in [-0.39, 0.29) is 18.4 Å². The van der Waals surface area contributed by atoms with Crippen LogP contribution in [-0.4, -0.2) is 36.0 Å². The molecule has 2 saturated heterocycles. The first-order valence-electron chi connectivity index (χ1n) is 7.82. The van der Waals surface area contributed by atoms with Gasteiger partial charge in [0.25, 0.3) is 0 Å². The van der Waals surface area contributed by atoms with E-state index in [1.54, 1.807) is 0 Å². The van der Waals surface area contributed by atoms with Gasteiger partial charge in [-0.3, -0.25) is 4.79 Å². The Bertz CT molecular complexity index is 309. The zero-order valence-electron chi connectivity index (χ0n) is 11.9. The average molecular weight is 287 g/mol. The largest absolute Gasteiger partial charge is 0.341 e. The third-order valence-electron chi connectivity index (χ3n) is 5.34. The van der Waals surface area contributed by atoms with Crippen LogP contribution in [0.25, 0.3) is 0 Å². The summed E-state index contributed by atoms with van der Waals surface area (Å²) in [6.07, 6.45) is 8.85. The molecule has 4 heteroatoms. The van der Waals surface area contributed by atoms with Gasteiger partial charge >= 0.3 is 0 Å². The molecule has 0 spiro atoms. The first-order chi connectivity index (χ1) is 8.78. The molecule has 4 unspecified atom stereocenters. The van der Waals surface area contributed by atoms with Gasteiger partial charge in [-0.25, -0.2) is 0 Å². The Balaban J connectivity index is 0.00000133. The van der Waals surface area contributed by atoms with Crippen molar-refractivity contribution in [1.82, 2.24) is 10.2 Å². The van der Waals surface area contributed by atoms with Crippen molar-refractivity contribution in [2.24, 2.45) is 11.8 Å². The van der Waals surface area contributed by atoms with Gasteiger partial charge in [0.1, 0.15) is 0 Å². The monoisotopic (exact) mass is 286 g/mol. The molecule has 3 aliphatic rings. The number of rotatable bonds is 2. The maximum absolute atomic E-state index is 12.5. The highest BCUT2D eigenvalue weighted by Crippen LogP contribution is 2.34. The normalized spacial score (nSPS) is 37.8. The highest BCUT2D eigenvalue weighted by molar-refractivity contribution is 5.85.